The molecule has 0 unspecified atom stereocenters. The minimum absolute atomic E-state index is 0.0929. The Bertz CT molecular complexity index is 702. The summed E-state index contributed by atoms with van der Waals surface area (Å²) in [5, 5.41) is 6.82. The van der Waals surface area contributed by atoms with Gasteiger partial charge < -0.3 is 15.6 Å². The summed E-state index contributed by atoms with van der Waals surface area (Å²) in [4.78, 5) is 23.8. The van der Waals surface area contributed by atoms with Crippen LogP contribution in [0.2, 0.25) is 0 Å². The first-order valence-corrected chi connectivity index (χ1v) is 6.90. The second kappa shape index (κ2) is 6.25. The van der Waals surface area contributed by atoms with Crippen LogP contribution in [-0.2, 0) is 13.1 Å². The van der Waals surface area contributed by atoms with Crippen molar-refractivity contribution in [3.63, 3.8) is 0 Å². The fourth-order valence-corrected chi connectivity index (χ4v) is 1.99. The Morgan fingerprint density at radius 1 is 1.33 bits per heavy atom. The molecule has 112 valence electrons. The molecule has 0 spiro atoms. The number of hydrogen-bond donors (Lipinski definition) is 2. The molecule has 0 saturated carbocycles. The lowest BCUT2D eigenvalue weighted by molar-refractivity contribution is 0.102. The summed E-state index contributed by atoms with van der Waals surface area (Å²) in [5.74, 6) is -0.388. The van der Waals surface area contributed by atoms with Crippen LogP contribution in [0.5, 0.6) is 0 Å². The molecule has 0 aromatic carbocycles. The lowest BCUT2D eigenvalue weighted by Crippen LogP contribution is -2.21. The van der Waals surface area contributed by atoms with Crippen molar-refractivity contribution < 1.29 is 4.79 Å². The Labute approximate surface area is 122 Å². The monoisotopic (exact) mass is 289 g/mol. The number of aryl methyl sites for hydroxylation is 2. The fraction of sp³-hybridized carbons (Fsp3) is 0.357. The fourth-order valence-electron chi connectivity index (χ4n) is 1.99. The van der Waals surface area contributed by atoms with Crippen molar-refractivity contribution in [3.8, 4) is 0 Å². The van der Waals surface area contributed by atoms with Crippen LogP contribution in [0.15, 0.2) is 29.3 Å². The highest BCUT2D eigenvalue weighted by molar-refractivity contribution is 6.06. The van der Waals surface area contributed by atoms with Crippen LogP contribution in [-0.4, -0.2) is 20.3 Å². The number of nitrogens with two attached hydrogens (primary N) is 1. The third-order valence-electron chi connectivity index (χ3n) is 3.03. The molecule has 0 saturated heterocycles. The van der Waals surface area contributed by atoms with Gasteiger partial charge in [-0.15, -0.1) is 0 Å². The molecule has 21 heavy (non-hydrogen) atoms. The van der Waals surface area contributed by atoms with Gasteiger partial charge in [0, 0.05) is 31.5 Å². The number of nitrogens with one attached hydrogen (secondary N) is 1. The maximum atomic E-state index is 12.2. The zero-order valence-electron chi connectivity index (χ0n) is 12.2. The smallest absolute Gasteiger partial charge is 0.278 e. The van der Waals surface area contributed by atoms with Crippen molar-refractivity contribution in [2.75, 3.05) is 11.1 Å². The first-order chi connectivity index (χ1) is 10.0. The normalized spacial score (nSPS) is 10.6. The van der Waals surface area contributed by atoms with E-state index in [2.05, 4.69) is 10.4 Å². The van der Waals surface area contributed by atoms with E-state index in [9.17, 15) is 9.59 Å². The van der Waals surface area contributed by atoms with E-state index in [1.807, 2.05) is 13.8 Å². The average molecular weight is 289 g/mol. The van der Waals surface area contributed by atoms with Crippen LogP contribution < -0.4 is 16.6 Å². The van der Waals surface area contributed by atoms with E-state index >= 15 is 0 Å². The Morgan fingerprint density at radius 2 is 2.10 bits per heavy atom. The van der Waals surface area contributed by atoms with E-state index in [0.717, 1.165) is 6.42 Å². The molecule has 0 radical (unpaired) electrons. The average Bonchev–Trinajstić information content (AvgIpc) is 2.84. The minimum Gasteiger partial charge on any atom is -0.396 e. The van der Waals surface area contributed by atoms with Gasteiger partial charge in [0.2, 0.25) is 0 Å². The molecule has 2 heterocycles. The van der Waals surface area contributed by atoms with Crippen molar-refractivity contribution in [2.45, 2.75) is 33.4 Å². The molecule has 0 aliphatic heterocycles. The van der Waals surface area contributed by atoms with Crippen molar-refractivity contribution in [1.82, 2.24) is 14.3 Å². The summed E-state index contributed by atoms with van der Waals surface area (Å²) in [7, 11) is 0. The Balaban J connectivity index is 2.21. The second-order valence-corrected chi connectivity index (χ2v) is 4.69. The highest BCUT2D eigenvalue weighted by atomic mass is 16.2. The van der Waals surface area contributed by atoms with Crippen molar-refractivity contribution in [3.05, 3.63) is 40.6 Å². The van der Waals surface area contributed by atoms with Crippen LogP contribution in [0, 0.1) is 0 Å². The van der Waals surface area contributed by atoms with Crippen molar-refractivity contribution in [1.29, 1.82) is 0 Å². The zero-order valence-corrected chi connectivity index (χ0v) is 12.2. The molecule has 0 aliphatic carbocycles. The van der Waals surface area contributed by atoms with E-state index in [-0.39, 0.29) is 17.2 Å². The Kier molecular flexibility index (Phi) is 4.42. The molecular weight excluding hydrogens is 270 g/mol. The third-order valence-corrected chi connectivity index (χ3v) is 3.03. The summed E-state index contributed by atoms with van der Waals surface area (Å²) in [5.41, 5.74) is 6.74. The molecule has 7 nitrogen and oxygen atoms in total. The maximum Gasteiger partial charge on any atom is 0.278 e. The van der Waals surface area contributed by atoms with E-state index < -0.39 is 0 Å². The van der Waals surface area contributed by atoms with Gasteiger partial charge in [0.15, 0.2) is 5.69 Å². The maximum absolute atomic E-state index is 12.2. The van der Waals surface area contributed by atoms with E-state index in [4.69, 9.17) is 5.73 Å². The van der Waals surface area contributed by atoms with E-state index in [0.29, 0.717) is 24.5 Å². The SMILES string of the molecule is CCCn1cc(NC(=O)c2nn(CC)cc2N)ccc1=O. The number of nitrogen functional groups attached to an aromatic ring is 1. The molecule has 0 atom stereocenters. The van der Waals surface area contributed by atoms with Gasteiger partial charge >= 0.3 is 0 Å². The van der Waals surface area contributed by atoms with Gasteiger partial charge in [-0.05, 0) is 19.4 Å². The molecule has 1 amide bonds. The molecule has 0 fully saturated rings. The number of rotatable bonds is 5. The quantitative estimate of drug-likeness (QED) is 0.867. The number of anilines is 2. The summed E-state index contributed by atoms with van der Waals surface area (Å²) in [6.45, 7) is 5.14. The zero-order chi connectivity index (χ0) is 15.4. The predicted molar refractivity (Wildman–Crippen MR) is 81.3 cm³/mol. The number of carbonyl (C=O) groups excluding carboxylic acids is 1. The van der Waals surface area contributed by atoms with E-state index in [1.165, 1.54) is 6.07 Å². The second-order valence-electron chi connectivity index (χ2n) is 4.69. The largest absolute Gasteiger partial charge is 0.396 e. The number of nitrogens with zero attached hydrogens (tertiary/aromatic N) is 3. The van der Waals surface area contributed by atoms with Gasteiger partial charge in [0.25, 0.3) is 11.5 Å². The number of amides is 1. The highest BCUT2D eigenvalue weighted by Crippen LogP contribution is 2.12. The van der Waals surface area contributed by atoms with E-state index in [1.54, 1.807) is 27.7 Å². The van der Waals surface area contributed by atoms with Crippen molar-refractivity contribution in [2.24, 2.45) is 0 Å². The Hall–Kier alpha value is -2.57. The number of carbonyl (C=O) groups is 1. The number of pyridine rings is 1. The lowest BCUT2D eigenvalue weighted by atomic mass is 10.3. The molecule has 0 bridgehead atoms. The number of hydrogen-bond acceptors (Lipinski definition) is 4. The number of aromatic nitrogens is 3. The summed E-state index contributed by atoms with van der Waals surface area (Å²) in [6, 6.07) is 3.00. The molecular formula is C14H19N5O2. The first-order valence-electron chi connectivity index (χ1n) is 6.90. The molecule has 2 aromatic heterocycles. The van der Waals surface area contributed by atoms with Crippen LogP contribution in [0.4, 0.5) is 11.4 Å². The van der Waals surface area contributed by atoms with Crippen LogP contribution in [0.3, 0.4) is 0 Å². The van der Waals surface area contributed by atoms with Gasteiger partial charge in [0.1, 0.15) is 0 Å². The van der Waals surface area contributed by atoms with Gasteiger partial charge in [-0.1, -0.05) is 6.92 Å². The van der Waals surface area contributed by atoms with Crippen LogP contribution >= 0.6 is 0 Å². The topological polar surface area (TPSA) is 94.9 Å². The Morgan fingerprint density at radius 3 is 2.71 bits per heavy atom. The lowest BCUT2D eigenvalue weighted by Gasteiger charge is -2.08. The summed E-state index contributed by atoms with van der Waals surface area (Å²) in [6.07, 6.45) is 4.08. The molecule has 3 N–H and O–H groups in total. The predicted octanol–water partition coefficient (Wildman–Crippen LogP) is 1.31. The third kappa shape index (κ3) is 3.31. The summed E-state index contributed by atoms with van der Waals surface area (Å²) >= 11 is 0. The minimum atomic E-state index is -0.388. The van der Waals surface area contributed by atoms with Crippen LogP contribution in [0.1, 0.15) is 30.8 Å². The summed E-state index contributed by atoms with van der Waals surface area (Å²) < 4.78 is 3.16. The molecule has 0 aliphatic rings. The highest BCUT2D eigenvalue weighted by Gasteiger charge is 2.15. The van der Waals surface area contributed by atoms with Crippen LogP contribution in [0.25, 0.3) is 0 Å². The first kappa shape index (κ1) is 14.8. The standard InChI is InChI=1S/C14H19N5O2/c1-3-7-18-8-10(5-6-12(18)20)16-14(21)13-11(15)9-19(4-2)17-13/h5-6,8-9H,3-4,7,15H2,1-2H3,(H,16,21). The molecule has 2 rings (SSSR count). The van der Waals surface area contributed by atoms with Gasteiger partial charge in [-0.3, -0.25) is 14.3 Å². The van der Waals surface area contributed by atoms with Gasteiger partial charge in [-0.25, -0.2) is 0 Å². The van der Waals surface area contributed by atoms with Gasteiger partial charge in [-0.2, -0.15) is 5.10 Å². The molecule has 7 heteroatoms. The van der Waals surface area contributed by atoms with Gasteiger partial charge in [0.05, 0.1) is 11.4 Å². The van der Waals surface area contributed by atoms with Crippen molar-refractivity contribution >= 4 is 17.3 Å². The molecule has 2 aromatic rings.